The van der Waals surface area contributed by atoms with Gasteiger partial charge in [-0.3, -0.25) is 10.1 Å². The lowest BCUT2D eigenvalue weighted by molar-refractivity contribution is -0.384. The summed E-state index contributed by atoms with van der Waals surface area (Å²) in [5.41, 5.74) is -0.0448. The average molecular weight is 344 g/mol. The number of hydrogen-bond acceptors (Lipinski definition) is 6. The Bertz CT molecular complexity index is 804. The number of nitro benzene ring substituents is 1. The van der Waals surface area contributed by atoms with Gasteiger partial charge in [-0.25, -0.2) is 0 Å². The van der Waals surface area contributed by atoms with E-state index in [4.69, 9.17) is 20.9 Å². The molecule has 0 saturated heterocycles. The quantitative estimate of drug-likeness (QED) is 0.508. The van der Waals surface area contributed by atoms with E-state index in [-0.39, 0.29) is 27.8 Å². The smallest absolute Gasteiger partial charge is 0.313 e. The minimum absolute atomic E-state index is 0.0249. The van der Waals surface area contributed by atoms with Crippen molar-refractivity contribution >= 4 is 27.4 Å². The zero-order valence-electron chi connectivity index (χ0n) is 11.0. The molecule has 9 heteroatoms. The molecular weight excluding hydrogens is 334 g/mol. The van der Waals surface area contributed by atoms with Crippen LogP contribution in [0.1, 0.15) is 5.56 Å². The van der Waals surface area contributed by atoms with Gasteiger partial charge in [0.05, 0.1) is 9.95 Å². The Balaban J connectivity index is 2.18. The van der Waals surface area contributed by atoms with Crippen LogP contribution in [0.25, 0.3) is 0 Å². The van der Waals surface area contributed by atoms with Gasteiger partial charge in [0, 0.05) is 12.1 Å². The van der Waals surface area contributed by atoms with Crippen molar-refractivity contribution in [2.75, 3.05) is 0 Å². The second-order valence-electron chi connectivity index (χ2n) is 4.31. The molecule has 0 saturated carbocycles. The number of nitrogens with zero attached hydrogens (tertiary/aromatic N) is 1. The number of benzene rings is 2. The first kappa shape index (κ1) is 16.1. The van der Waals surface area contributed by atoms with E-state index in [0.29, 0.717) is 0 Å². The van der Waals surface area contributed by atoms with Gasteiger partial charge in [0.25, 0.3) is 5.69 Å². The SMILES string of the molecule is O=[N+]([O-])c1ccc(CS(=O)(=O)Oc2ccc(O)cc2)c(Cl)c1. The van der Waals surface area contributed by atoms with E-state index in [1.165, 1.54) is 30.3 Å². The molecule has 2 rings (SSSR count). The van der Waals surface area contributed by atoms with Gasteiger partial charge in [0.2, 0.25) is 0 Å². The zero-order chi connectivity index (χ0) is 16.3. The summed E-state index contributed by atoms with van der Waals surface area (Å²) < 4.78 is 28.8. The molecule has 0 amide bonds. The Labute approximate surface area is 131 Å². The lowest BCUT2D eigenvalue weighted by atomic mass is 10.2. The molecule has 0 aliphatic carbocycles. The molecule has 116 valence electrons. The Morgan fingerprint density at radius 2 is 1.82 bits per heavy atom. The lowest BCUT2D eigenvalue weighted by Crippen LogP contribution is -2.12. The second-order valence-corrected chi connectivity index (χ2v) is 6.29. The number of nitro groups is 1. The Kier molecular flexibility index (Phi) is 4.53. The van der Waals surface area contributed by atoms with E-state index in [2.05, 4.69) is 0 Å². The third-order valence-electron chi connectivity index (χ3n) is 2.64. The highest BCUT2D eigenvalue weighted by atomic mass is 35.5. The predicted molar refractivity (Wildman–Crippen MR) is 79.5 cm³/mol. The van der Waals surface area contributed by atoms with Crippen molar-refractivity contribution in [3.8, 4) is 11.5 Å². The van der Waals surface area contributed by atoms with Gasteiger partial charge in [-0.15, -0.1) is 0 Å². The van der Waals surface area contributed by atoms with Crippen molar-refractivity contribution in [2.45, 2.75) is 5.75 Å². The van der Waals surface area contributed by atoms with Crippen LogP contribution in [-0.2, 0) is 15.9 Å². The standard InChI is InChI=1S/C13H10ClNO6S/c14-13-7-10(15(17)18)2-1-9(13)8-22(19,20)21-12-5-3-11(16)4-6-12/h1-7,16H,8H2. The Hall–Kier alpha value is -2.32. The summed E-state index contributed by atoms with van der Waals surface area (Å²) in [4.78, 5) is 9.97. The van der Waals surface area contributed by atoms with Crippen molar-refractivity contribution in [1.29, 1.82) is 0 Å². The maximum atomic E-state index is 11.9. The van der Waals surface area contributed by atoms with Crippen LogP contribution in [0.4, 0.5) is 5.69 Å². The molecule has 0 aromatic heterocycles. The van der Waals surface area contributed by atoms with Gasteiger partial charge in [0.15, 0.2) is 0 Å². The van der Waals surface area contributed by atoms with Crippen LogP contribution in [0.3, 0.4) is 0 Å². The molecule has 0 aliphatic heterocycles. The minimum atomic E-state index is -3.99. The molecule has 22 heavy (non-hydrogen) atoms. The fourth-order valence-electron chi connectivity index (χ4n) is 1.64. The third-order valence-corrected chi connectivity index (χ3v) is 4.10. The molecule has 1 N–H and O–H groups in total. The molecule has 0 atom stereocenters. The van der Waals surface area contributed by atoms with Crippen molar-refractivity contribution in [2.24, 2.45) is 0 Å². The number of non-ortho nitro benzene ring substituents is 1. The number of rotatable bonds is 5. The number of phenolic OH excluding ortho intramolecular Hbond substituents is 1. The molecule has 0 fully saturated rings. The van der Waals surface area contributed by atoms with Gasteiger partial charge in [-0.1, -0.05) is 11.6 Å². The van der Waals surface area contributed by atoms with Crippen LogP contribution in [0, 0.1) is 10.1 Å². The maximum Gasteiger partial charge on any atom is 0.313 e. The van der Waals surface area contributed by atoms with Crippen LogP contribution in [0.5, 0.6) is 11.5 Å². The minimum Gasteiger partial charge on any atom is -0.508 e. The van der Waals surface area contributed by atoms with Crippen LogP contribution in [0.2, 0.25) is 5.02 Å². The van der Waals surface area contributed by atoms with Crippen molar-refractivity contribution in [3.05, 3.63) is 63.2 Å². The van der Waals surface area contributed by atoms with Crippen LogP contribution >= 0.6 is 11.6 Å². The topological polar surface area (TPSA) is 107 Å². The van der Waals surface area contributed by atoms with E-state index < -0.39 is 20.8 Å². The van der Waals surface area contributed by atoms with Gasteiger partial charge in [0.1, 0.15) is 17.3 Å². The zero-order valence-corrected chi connectivity index (χ0v) is 12.5. The molecule has 2 aromatic rings. The number of aromatic hydroxyl groups is 1. The summed E-state index contributed by atoms with van der Waals surface area (Å²) in [7, 11) is -3.99. The molecule has 0 spiro atoms. The lowest BCUT2D eigenvalue weighted by Gasteiger charge is -2.08. The highest BCUT2D eigenvalue weighted by Crippen LogP contribution is 2.25. The Morgan fingerprint density at radius 3 is 2.36 bits per heavy atom. The average Bonchev–Trinajstić information content (AvgIpc) is 2.43. The Morgan fingerprint density at radius 1 is 1.18 bits per heavy atom. The highest BCUT2D eigenvalue weighted by Gasteiger charge is 2.18. The summed E-state index contributed by atoms with van der Waals surface area (Å²) in [6.45, 7) is 0. The second kappa shape index (κ2) is 6.20. The van der Waals surface area contributed by atoms with Gasteiger partial charge < -0.3 is 9.29 Å². The summed E-state index contributed by atoms with van der Waals surface area (Å²) in [5, 5.41) is 19.7. The molecular formula is C13H10ClNO6S. The summed E-state index contributed by atoms with van der Waals surface area (Å²) >= 11 is 5.85. The van der Waals surface area contributed by atoms with Gasteiger partial charge in [-0.05, 0) is 35.9 Å². The van der Waals surface area contributed by atoms with Gasteiger partial charge >= 0.3 is 10.1 Å². The van der Waals surface area contributed by atoms with Crippen molar-refractivity contribution in [1.82, 2.24) is 0 Å². The van der Waals surface area contributed by atoms with E-state index in [9.17, 15) is 18.5 Å². The molecule has 0 aliphatic rings. The van der Waals surface area contributed by atoms with E-state index in [0.717, 1.165) is 12.1 Å². The van der Waals surface area contributed by atoms with Crippen LogP contribution in [0.15, 0.2) is 42.5 Å². The summed E-state index contributed by atoms with van der Waals surface area (Å²) in [6, 6.07) is 8.66. The number of phenols is 1. The normalized spacial score (nSPS) is 11.1. The molecule has 0 bridgehead atoms. The predicted octanol–water partition coefficient (Wildman–Crippen LogP) is 2.86. The fourth-order valence-corrected chi connectivity index (χ4v) is 3.05. The van der Waals surface area contributed by atoms with Crippen LogP contribution < -0.4 is 4.18 Å². The van der Waals surface area contributed by atoms with E-state index >= 15 is 0 Å². The fraction of sp³-hybridized carbons (Fsp3) is 0.0769. The largest absolute Gasteiger partial charge is 0.508 e. The van der Waals surface area contributed by atoms with E-state index in [1.54, 1.807) is 0 Å². The van der Waals surface area contributed by atoms with Crippen molar-refractivity contribution < 1.29 is 22.6 Å². The first-order chi connectivity index (χ1) is 10.3. The first-order valence-electron chi connectivity index (χ1n) is 5.91. The number of hydrogen-bond donors (Lipinski definition) is 1. The molecule has 7 nitrogen and oxygen atoms in total. The summed E-state index contributed by atoms with van der Waals surface area (Å²) in [5.74, 6) is -0.524. The number of halogens is 1. The third kappa shape index (κ3) is 4.09. The molecule has 0 heterocycles. The first-order valence-corrected chi connectivity index (χ1v) is 7.86. The summed E-state index contributed by atoms with van der Waals surface area (Å²) in [6.07, 6.45) is 0. The monoisotopic (exact) mass is 343 g/mol. The molecule has 0 radical (unpaired) electrons. The highest BCUT2D eigenvalue weighted by molar-refractivity contribution is 7.86. The maximum absolute atomic E-state index is 11.9. The van der Waals surface area contributed by atoms with Crippen molar-refractivity contribution in [3.63, 3.8) is 0 Å². The molecule has 0 unspecified atom stereocenters. The van der Waals surface area contributed by atoms with Crippen LogP contribution in [-0.4, -0.2) is 18.4 Å². The van der Waals surface area contributed by atoms with Gasteiger partial charge in [-0.2, -0.15) is 8.42 Å². The molecule has 2 aromatic carbocycles. The van der Waals surface area contributed by atoms with E-state index in [1.807, 2.05) is 0 Å².